The zero-order valence-electron chi connectivity index (χ0n) is 16.3. The number of anilines is 1. The molecule has 0 spiro atoms. The fourth-order valence-corrected chi connectivity index (χ4v) is 3.33. The summed E-state index contributed by atoms with van der Waals surface area (Å²) in [5.74, 6) is 1.34. The molecule has 1 N–H and O–H groups in total. The summed E-state index contributed by atoms with van der Waals surface area (Å²) >= 11 is 0. The molecule has 3 rings (SSSR count). The third-order valence-electron chi connectivity index (χ3n) is 4.24. The van der Waals surface area contributed by atoms with Crippen LogP contribution in [0.5, 0.6) is 17.2 Å². The van der Waals surface area contributed by atoms with Crippen molar-refractivity contribution in [1.29, 1.82) is 0 Å². The Balaban J connectivity index is 2.18. The van der Waals surface area contributed by atoms with Gasteiger partial charge in [-0.05, 0) is 43.3 Å². The molecular formula is C21H21N2O5S. The standard InChI is InChI=1S/C21H21N2O5S/c1-4-29(25,26)22-15-10-11-19(28-16-8-6-5-7-9-16)17(12-15)18-14-23(2)21(24)13-20(18)27-3/h5-6,8-14,22H,4H2,1-3H3. The van der Waals surface area contributed by atoms with Gasteiger partial charge >= 0.3 is 0 Å². The van der Waals surface area contributed by atoms with E-state index in [1.807, 2.05) is 0 Å². The zero-order chi connectivity index (χ0) is 21.0. The first-order valence-corrected chi connectivity index (χ1v) is 10.5. The number of ether oxygens (including phenoxy) is 2. The lowest BCUT2D eigenvalue weighted by Crippen LogP contribution is -2.16. The number of sulfonamides is 1. The summed E-state index contributed by atoms with van der Waals surface area (Å²) in [5.41, 5.74) is 1.30. The Kier molecular flexibility index (Phi) is 5.93. The molecule has 0 unspecified atom stereocenters. The summed E-state index contributed by atoms with van der Waals surface area (Å²) in [6.45, 7) is 1.56. The summed E-state index contributed by atoms with van der Waals surface area (Å²) in [7, 11) is -0.363. The summed E-state index contributed by atoms with van der Waals surface area (Å²) in [5, 5.41) is 0. The Morgan fingerprint density at radius 3 is 2.59 bits per heavy atom. The van der Waals surface area contributed by atoms with E-state index in [1.54, 1.807) is 62.6 Å². The number of nitrogens with one attached hydrogen (secondary N) is 1. The molecule has 1 aromatic heterocycles. The Labute approximate surface area is 169 Å². The van der Waals surface area contributed by atoms with Crippen molar-refractivity contribution in [2.45, 2.75) is 6.92 Å². The van der Waals surface area contributed by atoms with E-state index < -0.39 is 10.0 Å². The van der Waals surface area contributed by atoms with Crippen LogP contribution in [0, 0.1) is 6.07 Å². The van der Waals surface area contributed by atoms with Crippen molar-refractivity contribution in [3.8, 4) is 28.4 Å². The van der Waals surface area contributed by atoms with Crippen LogP contribution >= 0.6 is 0 Å². The second kappa shape index (κ2) is 8.40. The molecule has 2 aromatic carbocycles. The van der Waals surface area contributed by atoms with Crippen molar-refractivity contribution >= 4 is 15.7 Å². The fraction of sp³-hybridized carbons (Fsp3) is 0.190. The maximum atomic E-state index is 12.0. The third kappa shape index (κ3) is 4.78. The molecule has 1 heterocycles. The zero-order valence-corrected chi connectivity index (χ0v) is 17.1. The SMILES string of the molecule is CCS(=O)(=O)Nc1ccc(Oc2c[c]ccc2)c(-c2cn(C)c(=O)cc2OC)c1. The van der Waals surface area contributed by atoms with Crippen LogP contribution in [0.15, 0.2) is 59.5 Å². The molecule has 0 aliphatic heterocycles. The number of aryl methyl sites for hydroxylation is 1. The van der Waals surface area contributed by atoms with Gasteiger partial charge < -0.3 is 14.0 Å². The van der Waals surface area contributed by atoms with Crippen LogP contribution in [-0.2, 0) is 17.1 Å². The van der Waals surface area contributed by atoms with Gasteiger partial charge in [0.25, 0.3) is 5.56 Å². The van der Waals surface area contributed by atoms with Gasteiger partial charge in [0, 0.05) is 36.1 Å². The van der Waals surface area contributed by atoms with Crippen LogP contribution in [-0.4, -0.2) is 25.8 Å². The van der Waals surface area contributed by atoms with Crippen LogP contribution in [0.2, 0.25) is 0 Å². The van der Waals surface area contributed by atoms with Gasteiger partial charge in [-0.2, -0.15) is 0 Å². The van der Waals surface area contributed by atoms with Crippen molar-refractivity contribution in [3.63, 3.8) is 0 Å². The first kappa shape index (κ1) is 20.5. The predicted molar refractivity (Wildman–Crippen MR) is 112 cm³/mol. The summed E-state index contributed by atoms with van der Waals surface area (Å²) in [6.07, 6.45) is 1.62. The Morgan fingerprint density at radius 1 is 1.14 bits per heavy atom. The quantitative estimate of drug-likeness (QED) is 0.641. The van der Waals surface area contributed by atoms with Crippen LogP contribution < -0.4 is 19.8 Å². The largest absolute Gasteiger partial charge is 0.496 e. The molecule has 0 atom stereocenters. The van der Waals surface area contributed by atoms with E-state index in [1.165, 1.54) is 17.7 Å². The van der Waals surface area contributed by atoms with Crippen LogP contribution in [0.3, 0.4) is 0 Å². The summed E-state index contributed by atoms with van der Waals surface area (Å²) < 4.78 is 39.3. The molecule has 0 aliphatic rings. The van der Waals surface area contributed by atoms with E-state index in [0.717, 1.165) is 0 Å². The minimum atomic E-state index is -3.46. The molecule has 151 valence electrons. The predicted octanol–water partition coefficient (Wildman–Crippen LogP) is 3.41. The minimum Gasteiger partial charge on any atom is -0.496 e. The van der Waals surface area contributed by atoms with E-state index in [0.29, 0.717) is 34.1 Å². The van der Waals surface area contributed by atoms with Gasteiger partial charge in [-0.15, -0.1) is 0 Å². The second-order valence-corrected chi connectivity index (χ2v) is 8.27. The first-order valence-electron chi connectivity index (χ1n) is 8.86. The van der Waals surface area contributed by atoms with Crippen LogP contribution in [0.1, 0.15) is 6.92 Å². The van der Waals surface area contributed by atoms with Gasteiger partial charge in [0.05, 0.1) is 12.9 Å². The molecule has 29 heavy (non-hydrogen) atoms. The monoisotopic (exact) mass is 413 g/mol. The number of pyridine rings is 1. The van der Waals surface area contributed by atoms with Crippen LogP contribution in [0.25, 0.3) is 11.1 Å². The van der Waals surface area contributed by atoms with Crippen molar-refractivity contribution < 1.29 is 17.9 Å². The van der Waals surface area contributed by atoms with Crippen molar-refractivity contribution in [3.05, 3.63) is 71.1 Å². The first-order chi connectivity index (χ1) is 13.8. The van der Waals surface area contributed by atoms with E-state index in [4.69, 9.17) is 9.47 Å². The summed E-state index contributed by atoms with van der Waals surface area (Å²) in [4.78, 5) is 12.0. The molecule has 0 fully saturated rings. The third-order valence-corrected chi connectivity index (χ3v) is 5.55. The van der Waals surface area contributed by atoms with Crippen molar-refractivity contribution in [2.75, 3.05) is 17.6 Å². The van der Waals surface area contributed by atoms with Gasteiger partial charge in [-0.3, -0.25) is 9.52 Å². The average molecular weight is 413 g/mol. The Hall–Kier alpha value is -3.26. The molecule has 1 radical (unpaired) electrons. The number of aromatic nitrogens is 1. The molecule has 7 nitrogen and oxygen atoms in total. The Bertz CT molecular complexity index is 1170. The van der Waals surface area contributed by atoms with E-state index in [-0.39, 0.29) is 11.3 Å². The molecule has 3 aromatic rings. The summed E-state index contributed by atoms with van der Waals surface area (Å²) in [6, 6.07) is 16.3. The number of benzene rings is 2. The lowest BCUT2D eigenvalue weighted by Gasteiger charge is -2.16. The van der Waals surface area contributed by atoms with Gasteiger partial charge in [-0.25, -0.2) is 8.42 Å². The highest BCUT2D eigenvalue weighted by Crippen LogP contribution is 2.39. The number of methoxy groups -OCH3 is 1. The van der Waals surface area contributed by atoms with E-state index >= 15 is 0 Å². The van der Waals surface area contributed by atoms with Crippen LogP contribution in [0.4, 0.5) is 5.69 Å². The highest BCUT2D eigenvalue weighted by molar-refractivity contribution is 7.92. The smallest absolute Gasteiger partial charge is 0.254 e. The lowest BCUT2D eigenvalue weighted by molar-refractivity contribution is 0.414. The van der Waals surface area contributed by atoms with Crippen molar-refractivity contribution in [2.24, 2.45) is 7.05 Å². The molecule has 0 bridgehead atoms. The fourth-order valence-electron chi connectivity index (χ4n) is 2.70. The average Bonchev–Trinajstić information content (AvgIpc) is 2.71. The molecule has 0 saturated carbocycles. The molecule has 8 heteroatoms. The van der Waals surface area contributed by atoms with E-state index in [9.17, 15) is 13.2 Å². The lowest BCUT2D eigenvalue weighted by atomic mass is 10.0. The molecule has 0 amide bonds. The molecule has 0 aliphatic carbocycles. The highest BCUT2D eigenvalue weighted by Gasteiger charge is 2.17. The highest BCUT2D eigenvalue weighted by atomic mass is 32.2. The molecule has 0 saturated heterocycles. The van der Waals surface area contributed by atoms with Gasteiger partial charge in [0.15, 0.2) is 0 Å². The van der Waals surface area contributed by atoms with Gasteiger partial charge in [0.1, 0.15) is 17.2 Å². The normalized spacial score (nSPS) is 11.1. The Morgan fingerprint density at radius 2 is 1.93 bits per heavy atom. The maximum Gasteiger partial charge on any atom is 0.254 e. The molecular weight excluding hydrogens is 392 g/mol. The van der Waals surface area contributed by atoms with E-state index in [2.05, 4.69) is 10.8 Å². The number of nitrogens with zero attached hydrogens (tertiary/aromatic N) is 1. The van der Waals surface area contributed by atoms with Gasteiger partial charge in [0.2, 0.25) is 10.0 Å². The van der Waals surface area contributed by atoms with Crippen molar-refractivity contribution in [1.82, 2.24) is 4.57 Å². The maximum absolute atomic E-state index is 12.0. The number of hydrogen-bond donors (Lipinski definition) is 1. The van der Waals surface area contributed by atoms with Gasteiger partial charge in [-0.1, -0.05) is 12.1 Å². The number of hydrogen-bond acceptors (Lipinski definition) is 5. The minimum absolute atomic E-state index is 0.0520. The second-order valence-electron chi connectivity index (χ2n) is 6.26. The topological polar surface area (TPSA) is 86.6 Å². The number of rotatable bonds is 7.